The molecule has 0 bridgehead atoms. The molecular formula is C14H9FN4O2. The summed E-state index contributed by atoms with van der Waals surface area (Å²) in [6.07, 6.45) is 1.16. The molecule has 1 aliphatic rings. The molecule has 0 fully saturated rings. The Morgan fingerprint density at radius 2 is 2.19 bits per heavy atom. The van der Waals surface area contributed by atoms with E-state index in [0.717, 1.165) is 6.33 Å². The van der Waals surface area contributed by atoms with Gasteiger partial charge in [-0.2, -0.15) is 5.26 Å². The van der Waals surface area contributed by atoms with Crippen LogP contribution in [0.1, 0.15) is 17.0 Å². The zero-order valence-electron chi connectivity index (χ0n) is 10.6. The lowest BCUT2D eigenvalue weighted by Gasteiger charge is -2.24. The summed E-state index contributed by atoms with van der Waals surface area (Å²) in [5.74, 6) is -1.70. The van der Waals surface area contributed by atoms with Crippen molar-refractivity contribution in [2.45, 2.75) is 5.92 Å². The fraction of sp³-hybridized carbons (Fsp3) is 0.0714. The molecule has 0 unspecified atom stereocenters. The van der Waals surface area contributed by atoms with Crippen LogP contribution in [-0.2, 0) is 0 Å². The van der Waals surface area contributed by atoms with Crippen LogP contribution in [0.15, 0.2) is 46.8 Å². The molecule has 0 spiro atoms. The first-order chi connectivity index (χ1) is 10.1. The van der Waals surface area contributed by atoms with E-state index >= 15 is 0 Å². The maximum absolute atomic E-state index is 14.1. The van der Waals surface area contributed by atoms with Crippen LogP contribution in [0.3, 0.4) is 0 Å². The van der Waals surface area contributed by atoms with Crippen molar-refractivity contribution in [2.24, 2.45) is 5.73 Å². The summed E-state index contributed by atoms with van der Waals surface area (Å²) in [5.41, 5.74) is 5.39. The van der Waals surface area contributed by atoms with Gasteiger partial charge in [0.15, 0.2) is 0 Å². The van der Waals surface area contributed by atoms with Gasteiger partial charge in [0, 0.05) is 5.56 Å². The summed E-state index contributed by atoms with van der Waals surface area (Å²) >= 11 is 0. The van der Waals surface area contributed by atoms with Crippen LogP contribution in [0.5, 0.6) is 5.88 Å². The largest absolute Gasteiger partial charge is 0.422 e. The molecule has 0 aliphatic carbocycles. The van der Waals surface area contributed by atoms with Gasteiger partial charge in [0.25, 0.3) is 5.56 Å². The number of halogens is 1. The highest BCUT2D eigenvalue weighted by molar-refractivity contribution is 5.52. The smallest absolute Gasteiger partial charge is 0.258 e. The average molecular weight is 284 g/mol. The minimum atomic E-state index is -0.947. The van der Waals surface area contributed by atoms with E-state index in [1.807, 2.05) is 6.07 Å². The first kappa shape index (κ1) is 12.9. The molecule has 1 atom stereocenters. The number of fused-ring (bicyclic) bond motifs is 1. The Kier molecular flexibility index (Phi) is 2.92. The quantitative estimate of drug-likeness (QED) is 0.816. The number of ether oxygens (including phenoxy) is 1. The number of rotatable bonds is 1. The molecule has 1 aromatic heterocycles. The van der Waals surface area contributed by atoms with Crippen LogP contribution in [0.4, 0.5) is 4.39 Å². The second-order valence-electron chi connectivity index (χ2n) is 4.40. The molecule has 2 aromatic rings. The van der Waals surface area contributed by atoms with Crippen LogP contribution in [0, 0.1) is 17.1 Å². The Morgan fingerprint density at radius 1 is 1.43 bits per heavy atom. The molecule has 3 N–H and O–H groups in total. The molecule has 0 amide bonds. The van der Waals surface area contributed by atoms with Gasteiger partial charge in [-0.3, -0.25) is 4.79 Å². The summed E-state index contributed by atoms with van der Waals surface area (Å²) in [4.78, 5) is 18.3. The number of nitrogens with two attached hydrogens (primary N) is 1. The number of aromatic amines is 1. The number of nitrogens with zero attached hydrogens (tertiary/aromatic N) is 2. The number of H-pyrrole nitrogens is 1. The summed E-state index contributed by atoms with van der Waals surface area (Å²) in [5, 5.41) is 9.28. The van der Waals surface area contributed by atoms with E-state index in [1.54, 1.807) is 6.07 Å². The zero-order chi connectivity index (χ0) is 15.0. The number of aromatic nitrogens is 2. The third-order valence-corrected chi connectivity index (χ3v) is 3.24. The van der Waals surface area contributed by atoms with E-state index in [9.17, 15) is 14.4 Å². The highest BCUT2D eigenvalue weighted by Crippen LogP contribution is 2.39. The van der Waals surface area contributed by atoms with E-state index < -0.39 is 17.3 Å². The van der Waals surface area contributed by atoms with Crippen molar-refractivity contribution in [1.82, 2.24) is 9.97 Å². The molecule has 1 aliphatic heterocycles. The van der Waals surface area contributed by atoms with Crippen LogP contribution in [0.25, 0.3) is 0 Å². The van der Waals surface area contributed by atoms with Gasteiger partial charge in [0.1, 0.15) is 17.5 Å². The predicted molar refractivity (Wildman–Crippen MR) is 70.6 cm³/mol. The lowest BCUT2D eigenvalue weighted by molar-refractivity contribution is 0.374. The first-order valence-corrected chi connectivity index (χ1v) is 6.03. The number of hydrogen-bond acceptors (Lipinski definition) is 5. The first-order valence-electron chi connectivity index (χ1n) is 6.03. The summed E-state index contributed by atoms with van der Waals surface area (Å²) in [7, 11) is 0. The van der Waals surface area contributed by atoms with Gasteiger partial charge in [0.2, 0.25) is 11.8 Å². The Morgan fingerprint density at radius 3 is 2.90 bits per heavy atom. The molecule has 21 heavy (non-hydrogen) atoms. The summed E-state index contributed by atoms with van der Waals surface area (Å²) in [6.45, 7) is 0. The van der Waals surface area contributed by atoms with Crippen molar-refractivity contribution in [3.05, 3.63) is 69.3 Å². The van der Waals surface area contributed by atoms with E-state index in [1.165, 1.54) is 18.2 Å². The standard InChI is InChI=1S/C14H9FN4O2/c15-9-4-2-1-3-7(9)10-8(5-16)12(17)21-14-11(10)13(20)18-6-19-14/h1-4,6,10H,17H2,(H,18,19,20)/t10-/m1/s1. The Hall–Kier alpha value is -3.14. The van der Waals surface area contributed by atoms with Crippen molar-refractivity contribution < 1.29 is 9.13 Å². The minimum Gasteiger partial charge on any atom is -0.422 e. The van der Waals surface area contributed by atoms with Crippen LogP contribution in [0.2, 0.25) is 0 Å². The van der Waals surface area contributed by atoms with Crippen molar-refractivity contribution in [3.8, 4) is 11.9 Å². The van der Waals surface area contributed by atoms with Crippen molar-refractivity contribution >= 4 is 0 Å². The second kappa shape index (κ2) is 4.76. The maximum Gasteiger partial charge on any atom is 0.258 e. The molecule has 0 saturated carbocycles. The topological polar surface area (TPSA) is 105 Å². The molecule has 3 rings (SSSR count). The molecule has 7 heteroatoms. The fourth-order valence-corrected chi connectivity index (χ4v) is 2.32. The van der Waals surface area contributed by atoms with E-state index in [2.05, 4.69) is 9.97 Å². The normalized spacial score (nSPS) is 16.9. The Bertz CT molecular complexity index is 851. The van der Waals surface area contributed by atoms with Crippen molar-refractivity contribution in [3.63, 3.8) is 0 Å². The zero-order valence-corrected chi connectivity index (χ0v) is 10.6. The number of benzene rings is 1. The van der Waals surface area contributed by atoms with Crippen molar-refractivity contribution in [2.75, 3.05) is 0 Å². The predicted octanol–water partition coefficient (Wildman–Crippen LogP) is 1.13. The van der Waals surface area contributed by atoms with Gasteiger partial charge >= 0.3 is 0 Å². The number of nitrogens with one attached hydrogen (secondary N) is 1. The van der Waals surface area contributed by atoms with Gasteiger partial charge < -0.3 is 15.5 Å². The average Bonchev–Trinajstić information content (AvgIpc) is 2.47. The van der Waals surface area contributed by atoms with E-state index in [0.29, 0.717) is 0 Å². The molecule has 1 aromatic carbocycles. The van der Waals surface area contributed by atoms with E-state index in [-0.39, 0.29) is 28.5 Å². The Labute approximate surface area is 118 Å². The Balaban J connectivity index is 2.34. The lowest BCUT2D eigenvalue weighted by Crippen LogP contribution is -2.28. The summed E-state index contributed by atoms with van der Waals surface area (Å²) < 4.78 is 19.3. The molecule has 6 nitrogen and oxygen atoms in total. The van der Waals surface area contributed by atoms with E-state index in [4.69, 9.17) is 10.5 Å². The van der Waals surface area contributed by atoms with Gasteiger partial charge in [-0.15, -0.1) is 0 Å². The fourth-order valence-electron chi connectivity index (χ4n) is 2.32. The maximum atomic E-state index is 14.1. The minimum absolute atomic E-state index is 0.0221. The molecule has 2 heterocycles. The third kappa shape index (κ3) is 1.94. The SMILES string of the molecule is N#CC1=C(N)Oc2nc[nH]c(=O)c2[C@@H]1c1ccccc1F. The van der Waals surface area contributed by atoms with Gasteiger partial charge in [-0.25, -0.2) is 9.37 Å². The van der Waals surface area contributed by atoms with Crippen LogP contribution in [-0.4, -0.2) is 9.97 Å². The highest BCUT2D eigenvalue weighted by atomic mass is 19.1. The van der Waals surface area contributed by atoms with Gasteiger partial charge in [-0.1, -0.05) is 18.2 Å². The number of nitriles is 1. The lowest BCUT2D eigenvalue weighted by atomic mass is 9.85. The van der Waals surface area contributed by atoms with Gasteiger partial charge in [-0.05, 0) is 6.07 Å². The third-order valence-electron chi connectivity index (χ3n) is 3.24. The molecule has 0 saturated heterocycles. The molecule has 0 radical (unpaired) electrons. The van der Waals surface area contributed by atoms with Gasteiger partial charge in [0.05, 0.1) is 17.8 Å². The number of allylic oxidation sites excluding steroid dienone is 1. The van der Waals surface area contributed by atoms with Crippen molar-refractivity contribution in [1.29, 1.82) is 5.26 Å². The second-order valence-corrected chi connectivity index (χ2v) is 4.40. The van der Waals surface area contributed by atoms with Crippen LogP contribution < -0.4 is 16.0 Å². The summed E-state index contributed by atoms with van der Waals surface area (Å²) in [6, 6.07) is 7.76. The number of hydrogen-bond donors (Lipinski definition) is 2. The van der Waals surface area contributed by atoms with Crippen LogP contribution >= 0.6 is 0 Å². The monoisotopic (exact) mass is 284 g/mol. The molecule has 104 valence electrons. The highest BCUT2D eigenvalue weighted by Gasteiger charge is 2.35. The molecular weight excluding hydrogens is 275 g/mol.